The van der Waals surface area contributed by atoms with Crippen LogP contribution in [0.1, 0.15) is 48.5 Å². The number of esters is 1. The molecule has 0 radical (unpaired) electrons. The van der Waals surface area contributed by atoms with Gasteiger partial charge in [0.05, 0.1) is 11.2 Å². The van der Waals surface area contributed by atoms with Crippen molar-refractivity contribution in [2.45, 2.75) is 59.7 Å². The maximum Gasteiger partial charge on any atom is 0.439 e. The molecule has 0 fully saturated rings. The van der Waals surface area contributed by atoms with Crippen molar-refractivity contribution in [2.24, 2.45) is 5.92 Å². The van der Waals surface area contributed by atoms with E-state index in [0.29, 0.717) is 0 Å². The molecule has 0 saturated heterocycles. The fourth-order valence-electron chi connectivity index (χ4n) is 0.794. The first-order chi connectivity index (χ1) is 9.32. The maximum atomic E-state index is 11.6. The van der Waals surface area contributed by atoms with Crippen LogP contribution < -0.4 is 11.0 Å². The fraction of sp³-hybridized carbons (Fsp3) is 0.769. The molecule has 2 amide bonds. The molecule has 0 aliphatic heterocycles. The minimum atomic E-state index is -1.20. The second-order valence-electron chi connectivity index (χ2n) is 6.43. The summed E-state index contributed by atoms with van der Waals surface area (Å²) in [6.45, 7) is 11.6. The Kier molecular flexibility index (Phi) is 6.78. The molecule has 0 aromatic rings. The van der Waals surface area contributed by atoms with Gasteiger partial charge in [-0.25, -0.2) is 10.3 Å². The summed E-state index contributed by atoms with van der Waals surface area (Å²) in [6, 6.07) is 0. The summed E-state index contributed by atoms with van der Waals surface area (Å²) in [6.07, 6.45) is -1.09. The highest BCUT2D eigenvalue weighted by Crippen LogP contribution is 2.07. The second kappa shape index (κ2) is 7.37. The van der Waals surface area contributed by atoms with Crippen LogP contribution in [0.5, 0.6) is 0 Å². The van der Waals surface area contributed by atoms with Crippen LogP contribution in [-0.4, -0.2) is 29.2 Å². The van der Waals surface area contributed by atoms with Gasteiger partial charge in [-0.3, -0.25) is 19.3 Å². The van der Waals surface area contributed by atoms with Gasteiger partial charge in [0.15, 0.2) is 0 Å². The Bertz CT molecular complexity index is 394. The Labute approximate surface area is 124 Å². The summed E-state index contributed by atoms with van der Waals surface area (Å²) < 4.78 is 4.43. The predicted octanol–water partition coefficient (Wildman–Crippen LogP) is 1.45. The van der Waals surface area contributed by atoms with Gasteiger partial charge < -0.3 is 4.74 Å². The zero-order valence-electron chi connectivity index (χ0n) is 13.5. The number of carbonyl (C=O) groups excluding carboxylic acids is 3. The Morgan fingerprint density at radius 1 is 0.857 bits per heavy atom. The fourth-order valence-corrected chi connectivity index (χ4v) is 0.794. The summed E-state index contributed by atoms with van der Waals surface area (Å²) in [5, 5.41) is 0. The van der Waals surface area contributed by atoms with Crippen LogP contribution >= 0.6 is 0 Å². The summed E-state index contributed by atoms with van der Waals surface area (Å²) in [5.41, 5.74) is 2.86. The van der Waals surface area contributed by atoms with Crippen molar-refractivity contribution in [3.05, 3.63) is 0 Å². The van der Waals surface area contributed by atoms with E-state index in [1.165, 1.54) is 6.92 Å². The minimum Gasteiger partial charge on any atom is -0.374 e. The van der Waals surface area contributed by atoms with E-state index in [9.17, 15) is 14.4 Å². The minimum absolute atomic E-state index is 0.600. The van der Waals surface area contributed by atoms with Crippen LogP contribution in [0.25, 0.3) is 0 Å². The summed E-state index contributed by atoms with van der Waals surface area (Å²) in [5.74, 6) is -2.92. The van der Waals surface area contributed by atoms with Crippen LogP contribution in [0, 0.1) is 5.92 Å². The van der Waals surface area contributed by atoms with E-state index in [2.05, 4.69) is 10.2 Å². The molecule has 0 aromatic carbocycles. The Balaban J connectivity index is 4.26. The molecular formula is C13H24N2O6. The van der Waals surface area contributed by atoms with Crippen molar-refractivity contribution >= 4 is 18.0 Å². The Hall–Kier alpha value is -1.67. The molecule has 0 rings (SSSR count). The van der Waals surface area contributed by atoms with E-state index < -0.39 is 35.1 Å². The smallest absolute Gasteiger partial charge is 0.374 e. The van der Waals surface area contributed by atoms with Crippen LogP contribution in [-0.2, 0) is 24.0 Å². The highest BCUT2D eigenvalue weighted by Gasteiger charge is 2.27. The average Bonchev–Trinajstić information content (AvgIpc) is 2.30. The first-order valence-electron chi connectivity index (χ1n) is 6.49. The van der Waals surface area contributed by atoms with Gasteiger partial charge in [0, 0.05) is 0 Å². The molecular weight excluding hydrogens is 280 g/mol. The number of hydrogen-bond acceptors (Lipinski definition) is 6. The van der Waals surface area contributed by atoms with E-state index in [1.54, 1.807) is 41.5 Å². The number of hydroxylamine groups is 2. The van der Waals surface area contributed by atoms with Gasteiger partial charge in [0.25, 0.3) is 5.91 Å². The predicted molar refractivity (Wildman–Crippen MR) is 73.6 cm³/mol. The number of ether oxygens (including phenoxy) is 1. The lowest BCUT2D eigenvalue weighted by Crippen LogP contribution is -2.41. The molecule has 8 nitrogen and oxygen atoms in total. The highest BCUT2D eigenvalue weighted by molar-refractivity contribution is 6.00. The number of rotatable bonds is 4. The zero-order valence-corrected chi connectivity index (χ0v) is 13.5. The number of amides is 2. The maximum absolute atomic E-state index is 11.6. The molecule has 0 aromatic heterocycles. The van der Waals surface area contributed by atoms with Gasteiger partial charge in [0.2, 0.25) is 0 Å². The average molecular weight is 304 g/mol. The van der Waals surface area contributed by atoms with E-state index in [4.69, 9.17) is 9.68 Å². The van der Waals surface area contributed by atoms with E-state index in [0.717, 1.165) is 0 Å². The third kappa shape index (κ3) is 9.80. The Morgan fingerprint density at radius 3 is 1.71 bits per heavy atom. The third-order valence-electron chi connectivity index (χ3n) is 1.84. The molecule has 0 aliphatic carbocycles. The number of nitrogens with one attached hydrogen (secondary N) is 2. The van der Waals surface area contributed by atoms with Gasteiger partial charge >= 0.3 is 12.1 Å². The van der Waals surface area contributed by atoms with Crippen molar-refractivity contribution in [2.75, 3.05) is 0 Å². The standard InChI is InChI=1S/C13H24N2O6/c1-8(9(16)14-20-12(2,3)4)10(17)19-11(18)15-21-13(5,6)7/h8H,1-7H3,(H,14,16)(H,15,18). The van der Waals surface area contributed by atoms with Crippen molar-refractivity contribution in [3.8, 4) is 0 Å². The first kappa shape index (κ1) is 19.3. The topological polar surface area (TPSA) is 103 Å². The lowest BCUT2D eigenvalue weighted by molar-refractivity contribution is -0.159. The molecule has 0 aliphatic rings. The van der Waals surface area contributed by atoms with Gasteiger partial charge in [-0.2, -0.15) is 5.48 Å². The number of hydrogen-bond donors (Lipinski definition) is 2. The molecule has 0 spiro atoms. The van der Waals surface area contributed by atoms with Crippen molar-refractivity contribution in [1.29, 1.82) is 0 Å². The van der Waals surface area contributed by atoms with Gasteiger partial charge in [-0.05, 0) is 48.5 Å². The molecule has 1 atom stereocenters. The monoisotopic (exact) mass is 304 g/mol. The van der Waals surface area contributed by atoms with Crippen LogP contribution in [0.4, 0.5) is 4.79 Å². The van der Waals surface area contributed by atoms with Crippen LogP contribution in [0.3, 0.4) is 0 Å². The quantitative estimate of drug-likeness (QED) is 0.463. The third-order valence-corrected chi connectivity index (χ3v) is 1.84. The van der Waals surface area contributed by atoms with Crippen molar-refractivity contribution in [3.63, 3.8) is 0 Å². The summed E-state index contributed by atoms with van der Waals surface area (Å²) in [4.78, 5) is 44.5. The van der Waals surface area contributed by atoms with E-state index in [-0.39, 0.29) is 0 Å². The summed E-state index contributed by atoms with van der Waals surface area (Å²) in [7, 11) is 0. The molecule has 2 N–H and O–H groups in total. The molecule has 0 heterocycles. The molecule has 122 valence electrons. The molecule has 0 bridgehead atoms. The number of carbonyl (C=O) groups is 3. The van der Waals surface area contributed by atoms with E-state index in [1.807, 2.05) is 5.48 Å². The zero-order chi connectivity index (χ0) is 16.8. The summed E-state index contributed by atoms with van der Waals surface area (Å²) >= 11 is 0. The van der Waals surface area contributed by atoms with Crippen LogP contribution in [0.2, 0.25) is 0 Å². The van der Waals surface area contributed by atoms with Crippen LogP contribution in [0.15, 0.2) is 0 Å². The van der Waals surface area contributed by atoms with Gasteiger partial charge in [-0.15, -0.1) is 0 Å². The Morgan fingerprint density at radius 2 is 1.29 bits per heavy atom. The lowest BCUT2D eigenvalue weighted by atomic mass is 10.2. The normalized spacial score (nSPS) is 13.3. The SMILES string of the molecule is CC(C(=O)NOC(C)(C)C)C(=O)OC(=O)NOC(C)(C)C. The first-order valence-corrected chi connectivity index (χ1v) is 6.49. The van der Waals surface area contributed by atoms with Gasteiger partial charge in [-0.1, -0.05) is 0 Å². The lowest BCUT2D eigenvalue weighted by Gasteiger charge is -2.20. The van der Waals surface area contributed by atoms with Crippen molar-refractivity contribution in [1.82, 2.24) is 11.0 Å². The second-order valence-corrected chi connectivity index (χ2v) is 6.43. The molecule has 8 heteroatoms. The largest absolute Gasteiger partial charge is 0.439 e. The van der Waals surface area contributed by atoms with E-state index >= 15 is 0 Å². The highest BCUT2D eigenvalue weighted by atomic mass is 16.7. The molecule has 1 unspecified atom stereocenters. The molecule has 0 saturated carbocycles. The van der Waals surface area contributed by atoms with Gasteiger partial charge in [0.1, 0.15) is 5.92 Å². The molecule has 21 heavy (non-hydrogen) atoms. The van der Waals surface area contributed by atoms with Crippen molar-refractivity contribution < 1.29 is 28.8 Å².